The monoisotopic (exact) mass is 517 g/mol. The number of nitrogens with one attached hydrogen (secondary N) is 1. The third-order valence-corrected chi connectivity index (χ3v) is 7.06. The molecule has 2 rings (SSSR count). The zero-order valence-electron chi connectivity index (χ0n) is 22.2. The van der Waals surface area contributed by atoms with E-state index in [1.807, 2.05) is 52.0 Å². The number of ether oxygens (including phenoxy) is 1. The minimum Gasteiger partial charge on any atom is -0.492 e. The summed E-state index contributed by atoms with van der Waals surface area (Å²) in [6.45, 7) is 9.55. The standard InChI is InChI=1S/C27H39N3O5S/c1-7-21(5)28-27(32)23(8-2)29(18-22-14-12-13-20(4)17-22)26(31)19-30(36(6,33)34)24-15-10-11-16-25(24)35-9-3/h10-17,21,23H,7-9,18-19H2,1-6H3,(H,28,32). The van der Waals surface area contributed by atoms with Crippen LogP contribution in [0.15, 0.2) is 48.5 Å². The summed E-state index contributed by atoms with van der Waals surface area (Å²) < 4.78 is 32.3. The van der Waals surface area contributed by atoms with Gasteiger partial charge < -0.3 is 15.0 Å². The Morgan fingerprint density at radius 1 is 1.03 bits per heavy atom. The van der Waals surface area contributed by atoms with Gasteiger partial charge >= 0.3 is 0 Å². The molecule has 0 aliphatic rings. The minimum atomic E-state index is -3.84. The van der Waals surface area contributed by atoms with E-state index in [9.17, 15) is 18.0 Å². The van der Waals surface area contributed by atoms with Crippen molar-refractivity contribution < 1.29 is 22.7 Å². The topological polar surface area (TPSA) is 96.0 Å². The van der Waals surface area contributed by atoms with Crippen LogP contribution in [-0.4, -0.2) is 56.6 Å². The highest BCUT2D eigenvalue weighted by molar-refractivity contribution is 7.92. The molecule has 0 aliphatic carbocycles. The van der Waals surface area contributed by atoms with Crippen LogP contribution >= 0.6 is 0 Å². The van der Waals surface area contributed by atoms with Crippen molar-refractivity contribution in [2.24, 2.45) is 0 Å². The lowest BCUT2D eigenvalue weighted by molar-refractivity contribution is -0.140. The van der Waals surface area contributed by atoms with Gasteiger partial charge in [-0.1, -0.05) is 55.8 Å². The number of aryl methyl sites for hydroxylation is 1. The Labute approximate surface area is 215 Å². The summed E-state index contributed by atoms with van der Waals surface area (Å²) in [5, 5.41) is 2.97. The number of nitrogens with zero attached hydrogens (tertiary/aromatic N) is 2. The first-order valence-corrected chi connectivity index (χ1v) is 14.2. The number of hydrogen-bond donors (Lipinski definition) is 1. The van der Waals surface area contributed by atoms with E-state index in [-0.39, 0.29) is 24.2 Å². The average Bonchev–Trinajstić information content (AvgIpc) is 2.82. The largest absolute Gasteiger partial charge is 0.492 e. The first-order chi connectivity index (χ1) is 17.0. The first kappa shape index (κ1) is 29.2. The predicted octanol–water partition coefficient (Wildman–Crippen LogP) is 3.88. The molecule has 8 nitrogen and oxygen atoms in total. The zero-order chi connectivity index (χ0) is 26.9. The van der Waals surface area contributed by atoms with E-state index in [4.69, 9.17) is 4.74 Å². The van der Waals surface area contributed by atoms with E-state index in [1.165, 1.54) is 4.90 Å². The second kappa shape index (κ2) is 13.3. The van der Waals surface area contributed by atoms with E-state index in [1.54, 1.807) is 31.2 Å². The van der Waals surface area contributed by atoms with Crippen LogP contribution in [0.2, 0.25) is 0 Å². The summed E-state index contributed by atoms with van der Waals surface area (Å²) in [6.07, 6.45) is 2.19. The van der Waals surface area contributed by atoms with Gasteiger partial charge in [-0.2, -0.15) is 0 Å². The van der Waals surface area contributed by atoms with Crippen molar-refractivity contribution in [2.45, 2.75) is 66.1 Å². The van der Waals surface area contributed by atoms with Crippen LogP contribution in [0.1, 0.15) is 51.7 Å². The van der Waals surface area contributed by atoms with Gasteiger partial charge in [-0.3, -0.25) is 13.9 Å². The van der Waals surface area contributed by atoms with E-state index >= 15 is 0 Å². The van der Waals surface area contributed by atoms with Crippen LogP contribution in [0.4, 0.5) is 5.69 Å². The van der Waals surface area contributed by atoms with Crippen molar-refractivity contribution >= 4 is 27.5 Å². The van der Waals surface area contributed by atoms with Crippen molar-refractivity contribution in [3.63, 3.8) is 0 Å². The van der Waals surface area contributed by atoms with Gasteiger partial charge in [0.2, 0.25) is 21.8 Å². The molecule has 2 amide bonds. The summed E-state index contributed by atoms with van der Waals surface area (Å²) in [4.78, 5) is 28.5. The van der Waals surface area contributed by atoms with Gasteiger partial charge in [0.05, 0.1) is 18.6 Å². The molecular weight excluding hydrogens is 478 g/mol. The molecule has 0 saturated heterocycles. The lowest BCUT2D eigenvalue weighted by Crippen LogP contribution is -2.53. The zero-order valence-corrected chi connectivity index (χ0v) is 23.0. The van der Waals surface area contributed by atoms with Gasteiger partial charge in [0.15, 0.2) is 0 Å². The van der Waals surface area contributed by atoms with Crippen LogP contribution in [0.3, 0.4) is 0 Å². The molecule has 0 spiro atoms. The molecular formula is C27H39N3O5S. The second-order valence-corrected chi connectivity index (χ2v) is 10.8. The third kappa shape index (κ3) is 7.98. The van der Waals surface area contributed by atoms with Crippen LogP contribution in [0.5, 0.6) is 5.75 Å². The average molecular weight is 518 g/mol. The number of benzene rings is 2. The van der Waals surface area contributed by atoms with E-state index in [0.717, 1.165) is 28.1 Å². The Kier molecular flexibility index (Phi) is 10.8. The summed E-state index contributed by atoms with van der Waals surface area (Å²) in [5.41, 5.74) is 2.17. The normalized spacial score (nSPS) is 12.9. The summed E-state index contributed by atoms with van der Waals surface area (Å²) >= 11 is 0. The number of sulfonamides is 1. The molecule has 0 aliphatic heterocycles. The van der Waals surface area contributed by atoms with Crippen molar-refractivity contribution in [1.82, 2.24) is 10.2 Å². The van der Waals surface area contributed by atoms with Crippen molar-refractivity contribution in [1.29, 1.82) is 0 Å². The number of anilines is 1. The number of carbonyl (C=O) groups excluding carboxylic acids is 2. The van der Waals surface area contributed by atoms with Crippen LogP contribution in [0.25, 0.3) is 0 Å². The minimum absolute atomic E-state index is 0.0481. The fourth-order valence-corrected chi connectivity index (χ4v) is 4.76. The summed E-state index contributed by atoms with van der Waals surface area (Å²) in [7, 11) is -3.84. The Hall–Kier alpha value is -3.07. The maximum Gasteiger partial charge on any atom is 0.244 e. The van der Waals surface area contributed by atoms with E-state index < -0.39 is 28.5 Å². The third-order valence-electron chi connectivity index (χ3n) is 5.94. The highest BCUT2D eigenvalue weighted by atomic mass is 32.2. The molecule has 2 aromatic carbocycles. The fraction of sp³-hybridized carbons (Fsp3) is 0.481. The molecule has 9 heteroatoms. The van der Waals surface area contributed by atoms with Crippen LogP contribution in [-0.2, 0) is 26.2 Å². The van der Waals surface area contributed by atoms with Gasteiger partial charge in [-0.15, -0.1) is 0 Å². The van der Waals surface area contributed by atoms with Gasteiger partial charge in [0, 0.05) is 12.6 Å². The lowest BCUT2D eigenvalue weighted by atomic mass is 10.1. The van der Waals surface area contributed by atoms with Crippen molar-refractivity contribution in [3.05, 3.63) is 59.7 Å². The molecule has 0 saturated carbocycles. The number of carbonyl (C=O) groups is 2. The van der Waals surface area contributed by atoms with Gasteiger partial charge in [0.1, 0.15) is 18.3 Å². The number of amides is 2. The fourth-order valence-electron chi connectivity index (χ4n) is 3.90. The number of rotatable bonds is 13. The Bertz CT molecular complexity index is 1140. The maximum atomic E-state index is 13.8. The smallest absolute Gasteiger partial charge is 0.244 e. The lowest BCUT2D eigenvalue weighted by Gasteiger charge is -2.33. The number of hydrogen-bond acceptors (Lipinski definition) is 5. The van der Waals surface area contributed by atoms with Crippen molar-refractivity contribution in [2.75, 3.05) is 23.7 Å². The predicted molar refractivity (Wildman–Crippen MR) is 144 cm³/mol. The Morgan fingerprint density at radius 2 is 1.72 bits per heavy atom. The highest BCUT2D eigenvalue weighted by Gasteiger charge is 2.32. The molecule has 0 radical (unpaired) electrons. The molecule has 0 fully saturated rings. The van der Waals surface area contributed by atoms with E-state index in [2.05, 4.69) is 5.32 Å². The molecule has 0 aromatic heterocycles. The molecule has 0 heterocycles. The van der Waals surface area contributed by atoms with Gasteiger partial charge in [-0.25, -0.2) is 8.42 Å². The summed E-state index contributed by atoms with van der Waals surface area (Å²) in [6, 6.07) is 13.6. The van der Waals surface area contributed by atoms with Crippen LogP contribution < -0.4 is 14.4 Å². The first-order valence-electron chi connectivity index (χ1n) is 12.4. The van der Waals surface area contributed by atoms with Crippen LogP contribution in [0, 0.1) is 6.92 Å². The number of para-hydroxylation sites is 2. The molecule has 0 bridgehead atoms. The molecule has 2 atom stereocenters. The molecule has 36 heavy (non-hydrogen) atoms. The SMILES string of the molecule is CCOc1ccccc1N(CC(=O)N(Cc1cccc(C)c1)C(CC)C(=O)NC(C)CC)S(C)(=O)=O. The van der Waals surface area contributed by atoms with Gasteiger partial charge in [0.25, 0.3) is 0 Å². The van der Waals surface area contributed by atoms with Gasteiger partial charge in [-0.05, 0) is 51.3 Å². The van der Waals surface area contributed by atoms with Crippen molar-refractivity contribution in [3.8, 4) is 5.75 Å². The molecule has 198 valence electrons. The highest BCUT2D eigenvalue weighted by Crippen LogP contribution is 2.30. The molecule has 2 unspecified atom stereocenters. The second-order valence-electron chi connectivity index (χ2n) is 8.92. The Balaban J connectivity index is 2.49. The quantitative estimate of drug-likeness (QED) is 0.435. The van der Waals surface area contributed by atoms with E-state index in [0.29, 0.717) is 18.8 Å². The molecule has 1 N–H and O–H groups in total. The summed E-state index contributed by atoms with van der Waals surface area (Å²) in [5.74, 6) is -0.363. The maximum absolute atomic E-state index is 13.8. The molecule has 2 aromatic rings. The Morgan fingerprint density at radius 3 is 2.31 bits per heavy atom.